The number of carboxylic acid groups (broad SMARTS) is 1. The van der Waals surface area contributed by atoms with Crippen LogP contribution in [0.15, 0.2) is 48.8 Å². The zero-order valence-electron chi connectivity index (χ0n) is 34.4. The molecule has 0 spiro atoms. The molecule has 15 nitrogen and oxygen atoms in total. The number of carbonyl (C=O) groups is 4. The van der Waals surface area contributed by atoms with E-state index in [9.17, 15) is 28.6 Å². The third kappa shape index (κ3) is 11.2. The lowest BCUT2D eigenvalue weighted by Crippen LogP contribution is -2.39. The van der Waals surface area contributed by atoms with E-state index in [1.54, 1.807) is 32.2 Å². The van der Waals surface area contributed by atoms with Crippen LogP contribution in [0, 0.1) is 49.2 Å². The summed E-state index contributed by atoms with van der Waals surface area (Å²) in [7, 11) is 0. The Kier molecular flexibility index (Phi) is 14.6. The molecule has 9 rings (SSSR count). The number of nitrogens with one attached hydrogen (secondary N) is 3. The highest BCUT2D eigenvalue weighted by Crippen LogP contribution is 2.46. The first-order chi connectivity index (χ1) is 29.5. The molecule has 2 saturated heterocycles. The van der Waals surface area contributed by atoms with Gasteiger partial charge in [-0.05, 0) is 110 Å². The van der Waals surface area contributed by atoms with Crippen LogP contribution in [0.3, 0.4) is 0 Å². The molecule has 2 aromatic heterocycles. The molecule has 4 heterocycles. The van der Waals surface area contributed by atoms with Gasteiger partial charge in [0.1, 0.15) is 48.0 Å². The Balaban J connectivity index is 0.000000194. The largest absolute Gasteiger partial charge is 0.477 e. The number of nitrogens with zero attached hydrogens (tertiary/aromatic N) is 6. The topological polar surface area (TPSA) is 203 Å². The number of anilines is 4. The van der Waals surface area contributed by atoms with Gasteiger partial charge < -0.3 is 45.6 Å². The molecule has 1 amide bonds. The van der Waals surface area contributed by atoms with Crippen molar-refractivity contribution in [3.63, 3.8) is 0 Å². The number of rotatable bonds is 11. The van der Waals surface area contributed by atoms with E-state index in [1.807, 2.05) is 25.7 Å². The Bertz CT molecular complexity index is 2170. The summed E-state index contributed by atoms with van der Waals surface area (Å²) in [4.78, 5) is 62.6. The number of piperidine rings is 2. The molecule has 2 aliphatic heterocycles. The van der Waals surface area contributed by atoms with E-state index in [-0.39, 0.29) is 41.1 Å². The van der Waals surface area contributed by atoms with Crippen LogP contribution < -0.4 is 25.8 Å². The number of aromatic carboxylic acids is 1. The molecule has 4 atom stereocenters. The van der Waals surface area contributed by atoms with Gasteiger partial charge in [0.2, 0.25) is 11.9 Å². The number of aliphatic hydroxyl groups is 1. The highest BCUT2D eigenvalue weighted by molar-refractivity contribution is 5.98. The van der Waals surface area contributed by atoms with Crippen molar-refractivity contribution in [2.75, 3.05) is 46.6 Å². The number of aromatic nitrogens is 4. The first-order valence-corrected chi connectivity index (χ1v) is 20.5. The fourth-order valence-corrected chi connectivity index (χ4v) is 8.11. The summed E-state index contributed by atoms with van der Waals surface area (Å²) in [6, 6.07) is 10.1. The van der Waals surface area contributed by atoms with Gasteiger partial charge in [-0.1, -0.05) is 24.3 Å². The van der Waals surface area contributed by atoms with E-state index in [2.05, 4.69) is 40.7 Å². The predicted molar refractivity (Wildman–Crippen MR) is 226 cm³/mol. The number of hydrogen-bond donors (Lipinski definition) is 5. The second kappa shape index (κ2) is 20.0. The van der Waals surface area contributed by atoms with Gasteiger partial charge in [0.25, 0.3) is 5.91 Å². The molecular formula is C44H53F2N9O6. The molecule has 3 saturated carbocycles. The average molecular weight is 842 g/mol. The lowest BCUT2D eigenvalue weighted by Gasteiger charge is -2.26. The van der Waals surface area contributed by atoms with E-state index >= 15 is 0 Å². The van der Waals surface area contributed by atoms with E-state index in [0.29, 0.717) is 60.3 Å². The molecular weight excluding hydrogens is 789 g/mol. The lowest BCUT2D eigenvalue weighted by atomic mass is 9.93. The van der Waals surface area contributed by atoms with E-state index in [1.165, 1.54) is 31.2 Å². The zero-order chi connectivity index (χ0) is 43.8. The van der Waals surface area contributed by atoms with Crippen molar-refractivity contribution in [1.29, 1.82) is 0 Å². The van der Waals surface area contributed by atoms with Gasteiger partial charge in [-0.25, -0.2) is 23.5 Å². The molecule has 5 aliphatic rings. The summed E-state index contributed by atoms with van der Waals surface area (Å²) >= 11 is 0. The van der Waals surface area contributed by atoms with Crippen LogP contribution >= 0.6 is 0 Å². The first-order valence-electron chi connectivity index (χ1n) is 20.5. The number of hydrogen-bond acceptors (Lipinski definition) is 13. The van der Waals surface area contributed by atoms with Crippen LogP contribution in [-0.2, 0) is 22.7 Å². The van der Waals surface area contributed by atoms with Crippen LogP contribution in [0.25, 0.3) is 0 Å². The molecule has 3 aliphatic carbocycles. The molecule has 4 unspecified atom stereocenters. The number of halogens is 2. The highest BCUT2D eigenvalue weighted by Gasteiger charge is 2.47. The smallest absolute Gasteiger partial charge is 0.341 e. The molecule has 0 radical (unpaired) electrons. The van der Waals surface area contributed by atoms with Crippen molar-refractivity contribution < 1.29 is 38.2 Å². The van der Waals surface area contributed by atoms with E-state index in [0.717, 1.165) is 73.8 Å². The monoisotopic (exact) mass is 841 g/mol. The molecule has 0 bridgehead atoms. The molecule has 2 aromatic carbocycles. The number of benzene rings is 2. The van der Waals surface area contributed by atoms with Crippen molar-refractivity contribution in [2.24, 2.45) is 23.7 Å². The molecule has 4 aromatic rings. The van der Waals surface area contributed by atoms with Gasteiger partial charge >= 0.3 is 5.97 Å². The predicted octanol–water partition coefficient (Wildman–Crippen LogP) is 5.35. The molecule has 5 fully saturated rings. The number of aryl methyl sites for hydroxylation is 2. The van der Waals surface area contributed by atoms with Crippen molar-refractivity contribution in [2.45, 2.75) is 77.6 Å². The van der Waals surface area contributed by atoms with Crippen LogP contribution in [-0.4, -0.2) is 93.9 Å². The normalized spacial score (nSPS) is 22.7. The van der Waals surface area contributed by atoms with E-state index < -0.39 is 5.97 Å². The van der Waals surface area contributed by atoms with Crippen molar-refractivity contribution in [3.05, 3.63) is 93.8 Å². The Morgan fingerprint density at radius 2 is 1.13 bits per heavy atom. The number of fused-ring (bicyclic) bond motifs is 2. The van der Waals surface area contributed by atoms with Gasteiger partial charge in [-0.3, -0.25) is 4.79 Å². The summed E-state index contributed by atoms with van der Waals surface area (Å²) in [6.07, 6.45) is 8.13. The fourth-order valence-electron chi connectivity index (χ4n) is 8.11. The molecule has 5 N–H and O–H groups in total. The van der Waals surface area contributed by atoms with Crippen molar-refractivity contribution in [1.82, 2.24) is 25.3 Å². The quantitative estimate of drug-likeness (QED) is 0.129. The standard InChI is InChI=1S/C24H30FN5O2.C18H19FN4O2.2CH2O/c1-14-2-3-15(8-21(14)25)10-26-22-20(23(32)28-18-4-6-19(31)7-5-18)11-27-24(29-22)30-12-16-9-17(16)13-30;1-10-2-3-11(4-15(10)19)6-20-16-14(17(24)25)7-21-18(22-16)23-8-12-5-13(12)9-23;2*1-2/h2-3,8,11,16-19,31H,4-7,9-10,12-13H2,1H3,(H,28,32)(H,26,27,29);2-4,7,12-13H,5-6,8-9H2,1H3,(H,24,25)(H,20,21,22);2*1H2. The maximum Gasteiger partial charge on any atom is 0.341 e. The summed E-state index contributed by atoms with van der Waals surface area (Å²) in [5.41, 5.74) is 3.08. The zero-order valence-corrected chi connectivity index (χ0v) is 34.4. The fraction of sp³-hybridized carbons (Fsp3) is 0.455. The van der Waals surface area contributed by atoms with Crippen LogP contribution in [0.2, 0.25) is 0 Å². The molecule has 17 heteroatoms. The van der Waals surface area contributed by atoms with Gasteiger partial charge in [0, 0.05) is 57.7 Å². The Morgan fingerprint density at radius 3 is 1.56 bits per heavy atom. The number of carboxylic acids is 1. The van der Waals surface area contributed by atoms with Gasteiger partial charge in [-0.2, -0.15) is 9.97 Å². The highest BCUT2D eigenvalue weighted by atomic mass is 19.1. The van der Waals surface area contributed by atoms with Crippen LogP contribution in [0.1, 0.15) is 81.5 Å². The van der Waals surface area contributed by atoms with Crippen molar-refractivity contribution >= 4 is 49.0 Å². The summed E-state index contributed by atoms with van der Waals surface area (Å²) in [5, 5.41) is 28.4. The summed E-state index contributed by atoms with van der Waals surface area (Å²) in [5.74, 6) is 3.02. The maximum absolute atomic E-state index is 14.0. The second-order valence-corrected chi connectivity index (χ2v) is 16.3. The van der Waals surface area contributed by atoms with Crippen LogP contribution in [0.5, 0.6) is 0 Å². The Labute approximate surface area is 353 Å². The average Bonchev–Trinajstić information content (AvgIpc) is 4.11. The van der Waals surface area contributed by atoms with Gasteiger partial charge in [0.15, 0.2) is 0 Å². The Morgan fingerprint density at radius 1 is 0.705 bits per heavy atom. The summed E-state index contributed by atoms with van der Waals surface area (Å²) < 4.78 is 27.6. The number of carbonyl (C=O) groups excluding carboxylic acids is 3. The Hall–Kier alpha value is -6.10. The molecule has 61 heavy (non-hydrogen) atoms. The van der Waals surface area contributed by atoms with Gasteiger partial charge in [-0.15, -0.1) is 0 Å². The minimum absolute atomic E-state index is 0.0145. The number of aliphatic hydroxyl groups excluding tert-OH is 1. The maximum atomic E-state index is 14.0. The first kappa shape index (κ1) is 44.5. The van der Waals surface area contributed by atoms with Gasteiger partial charge in [0.05, 0.1) is 6.10 Å². The number of amides is 1. The minimum Gasteiger partial charge on any atom is -0.477 e. The summed E-state index contributed by atoms with van der Waals surface area (Å²) in [6.45, 7) is 11.9. The SMILES string of the molecule is C=O.C=O.Cc1ccc(CNc2nc(N3CC4CC4C3)ncc2C(=O)NC2CCC(O)CC2)cc1F.Cc1ccc(CNc2nc(N3CC4CC4C3)ncc2C(=O)O)cc1F. The lowest BCUT2D eigenvalue weighted by molar-refractivity contribution is -0.0987. The van der Waals surface area contributed by atoms with E-state index in [4.69, 9.17) is 14.6 Å². The minimum atomic E-state index is -1.09. The van der Waals surface area contributed by atoms with Crippen LogP contribution in [0.4, 0.5) is 32.3 Å². The third-order valence-corrected chi connectivity index (χ3v) is 12.0. The third-order valence-electron chi connectivity index (χ3n) is 12.0. The van der Waals surface area contributed by atoms with Crippen molar-refractivity contribution in [3.8, 4) is 0 Å². The molecule has 324 valence electrons. The second-order valence-electron chi connectivity index (χ2n) is 16.3.